The molecule has 0 aliphatic heterocycles. The highest BCUT2D eigenvalue weighted by Gasteiger charge is 2.22. The second kappa shape index (κ2) is 5.33. The molecule has 0 bridgehead atoms. The lowest BCUT2D eigenvalue weighted by Gasteiger charge is -2.16. The van der Waals surface area contributed by atoms with Crippen LogP contribution in [-0.4, -0.2) is 25.1 Å². The minimum absolute atomic E-state index is 0.355. The Labute approximate surface area is 110 Å². The van der Waals surface area contributed by atoms with Gasteiger partial charge in [-0.25, -0.2) is 4.79 Å². The van der Waals surface area contributed by atoms with Crippen LogP contribution in [0.1, 0.15) is 11.6 Å². The van der Waals surface area contributed by atoms with Gasteiger partial charge in [0.15, 0.2) is 0 Å². The third-order valence-electron chi connectivity index (χ3n) is 2.78. The standard InChI is InChI=1S/C13H13ClN2O2/c1-15-12(13(17)18-2)9-5-6-10(14)8-4-3-7-16-11(8)9/h3-7,12,15H,1-2H3. The Kier molecular flexibility index (Phi) is 3.79. The molecule has 0 fully saturated rings. The average Bonchev–Trinajstić information content (AvgIpc) is 2.42. The van der Waals surface area contributed by atoms with Crippen molar-refractivity contribution in [2.45, 2.75) is 6.04 Å². The van der Waals surface area contributed by atoms with Crippen molar-refractivity contribution in [2.75, 3.05) is 14.2 Å². The molecule has 4 nitrogen and oxygen atoms in total. The first-order valence-corrected chi connectivity index (χ1v) is 5.85. The first-order valence-electron chi connectivity index (χ1n) is 5.47. The second-order valence-electron chi connectivity index (χ2n) is 3.78. The molecule has 0 aliphatic carbocycles. The zero-order chi connectivity index (χ0) is 13.1. The fourth-order valence-corrected chi connectivity index (χ4v) is 2.13. The zero-order valence-electron chi connectivity index (χ0n) is 10.1. The molecule has 0 spiro atoms. The van der Waals surface area contributed by atoms with E-state index in [1.807, 2.05) is 12.1 Å². The molecule has 2 aromatic rings. The number of esters is 1. The van der Waals surface area contributed by atoms with Crippen LogP contribution in [0.3, 0.4) is 0 Å². The van der Waals surface area contributed by atoms with Crippen LogP contribution >= 0.6 is 11.6 Å². The number of nitrogens with zero attached hydrogens (tertiary/aromatic N) is 1. The van der Waals surface area contributed by atoms with Crippen molar-refractivity contribution < 1.29 is 9.53 Å². The molecular formula is C13H13ClN2O2. The van der Waals surface area contributed by atoms with Crippen LogP contribution < -0.4 is 5.32 Å². The molecule has 18 heavy (non-hydrogen) atoms. The van der Waals surface area contributed by atoms with Gasteiger partial charge in [0, 0.05) is 22.2 Å². The van der Waals surface area contributed by atoms with E-state index < -0.39 is 6.04 Å². The van der Waals surface area contributed by atoms with Gasteiger partial charge >= 0.3 is 5.97 Å². The minimum Gasteiger partial charge on any atom is -0.468 e. The predicted molar refractivity (Wildman–Crippen MR) is 70.6 cm³/mol. The number of likely N-dealkylation sites (N-methyl/N-ethyl adjacent to an activating group) is 1. The average molecular weight is 265 g/mol. The van der Waals surface area contributed by atoms with Crippen LogP contribution in [-0.2, 0) is 9.53 Å². The number of carbonyl (C=O) groups is 1. The van der Waals surface area contributed by atoms with Crippen molar-refractivity contribution in [3.63, 3.8) is 0 Å². The number of ether oxygens (including phenoxy) is 1. The van der Waals surface area contributed by atoms with E-state index in [0.29, 0.717) is 10.5 Å². The van der Waals surface area contributed by atoms with E-state index in [1.165, 1.54) is 7.11 Å². The fourth-order valence-electron chi connectivity index (χ4n) is 1.91. The molecule has 0 saturated carbocycles. The van der Waals surface area contributed by atoms with Crippen LogP contribution in [0.15, 0.2) is 30.5 Å². The number of carbonyl (C=O) groups excluding carboxylic acids is 1. The summed E-state index contributed by atoms with van der Waals surface area (Å²) in [6, 6.07) is 6.68. The SMILES string of the molecule is CNC(C(=O)OC)c1ccc(Cl)c2cccnc12. The summed E-state index contributed by atoms with van der Waals surface area (Å²) in [7, 11) is 3.06. The molecule has 1 aromatic heterocycles. The molecule has 0 radical (unpaired) electrons. The fraction of sp³-hybridized carbons (Fsp3) is 0.231. The van der Waals surface area contributed by atoms with Gasteiger partial charge in [-0.15, -0.1) is 0 Å². The van der Waals surface area contributed by atoms with Crippen molar-refractivity contribution in [1.82, 2.24) is 10.3 Å². The lowest BCUT2D eigenvalue weighted by Crippen LogP contribution is -2.26. The van der Waals surface area contributed by atoms with Crippen molar-refractivity contribution in [3.05, 3.63) is 41.0 Å². The number of hydrogen-bond donors (Lipinski definition) is 1. The molecule has 0 amide bonds. The van der Waals surface area contributed by atoms with Crippen LogP contribution in [0, 0.1) is 0 Å². The summed E-state index contributed by atoms with van der Waals surface area (Å²) >= 11 is 6.11. The van der Waals surface area contributed by atoms with Crippen LogP contribution in [0.4, 0.5) is 0 Å². The Hall–Kier alpha value is -1.65. The van der Waals surface area contributed by atoms with Gasteiger partial charge in [-0.05, 0) is 25.2 Å². The summed E-state index contributed by atoms with van der Waals surface area (Å²) in [5, 5.41) is 4.36. The van der Waals surface area contributed by atoms with Gasteiger partial charge in [-0.3, -0.25) is 4.98 Å². The molecule has 2 rings (SSSR count). The molecule has 5 heteroatoms. The van der Waals surface area contributed by atoms with Crippen LogP contribution in [0.2, 0.25) is 5.02 Å². The molecule has 94 valence electrons. The number of halogens is 1. The number of aromatic nitrogens is 1. The summed E-state index contributed by atoms with van der Waals surface area (Å²) in [5.74, 6) is -0.355. The van der Waals surface area contributed by atoms with Gasteiger partial charge in [0.05, 0.1) is 12.6 Å². The molecular weight excluding hydrogens is 252 g/mol. The normalized spacial score (nSPS) is 12.4. The molecule has 1 N–H and O–H groups in total. The number of pyridine rings is 1. The first-order chi connectivity index (χ1) is 8.69. The smallest absolute Gasteiger partial charge is 0.327 e. The third kappa shape index (κ3) is 2.17. The van der Waals surface area contributed by atoms with E-state index in [2.05, 4.69) is 10.3 Å². The van der Waals surface area contributed by atoms with E-state index in [-0.39, 0.29) is 5.97 Å². The number of nitrogens with one attached hydrogen (secondary N) is 1. The van der Waals surface area contributed by atoms with E-state index in [4.69, 9.17) is 16.3 Å². The first kappa shape index (κ1) is 12.8. The van der Waals surface area contributed by atoms with Crippen molar-refractivity contribution >= 4 is 28.5 Å². The van der Waals surface area contributed by atoms with Gasteiger partial charge < -0.3 is 10.1 Å². The summed E-state index contributed by atoms with van der Waals surface area (Å²) in [4.78, 5) is 16.0. The Morgan fingerprint density at radius 3 is 2.89 bits per heavy atom. The third-order valence-corrected chi connectivity index (χ3v) is 3.11. The van der Waals surface area contributed by atoms with Crippen molar-refractivity contribution in [1.29, 1.82) is 0 Å². The van der Waals surface area contributed by atoms with E-state index in [0.717, 1.165) is 10.9 Å². The maximum Gasteiger partial charge on any atom is 0.327 e. The summed E-state index contributed by atoms with van der Waals surface area (Å²) < 4.78 is 4.77. The number of benzene rings is 1. The Morgan fingerprint density at radius 1 is 1.44 bits per heavy atom. The number of fused-ring (bicyclic) bond motifs is 1. The molecule has 1 unspecified atom stereocenters. The lowest BCUT2D eigenvalue weighted by atomic mass is 10.0. The van der Waals surface area contributed by atoms with Gasteiger partial charge in [-0.1, -0.05) is 17.7 Å². The maximum atomic E-state index is 11.7. The summed E-state index contributed by atoms with van der Waals surface area (Å²) in [5.41, 5.74) is 1.46. The van der Waals surface area contributed by atoms with Gasteiger partial charge in [0.25, 0.3) is 0 Å². The lowest BCUT2D eigenvalue weighted by molar-refractivity contribution is -0.143. The Balaban J connectivity index is 2.64. The second-order valence-corrected chi connectivity index (χ2v) is 4.19. The Bertz CT molecular complexity index is 586. The molecule has 1 heterocycles. The molecule has 1 atom stereocenters. The highest BCUT2D eigenvalue weighted by atomic mass is 35.5. The largest absolute Gasteiger partial charge is 0.468 e. The molecule has 1 aromatic carbocycles. The Morgan fingerprint density at radius 2 is 2.22 bits per heavy atom. The summed E-state index contributed by atoms with van der Waals surface area (Å²) in [6.45, 7) is 0. The topological polar surface area (TPSA) is 51.2 Å². The van der Waals surface area contributed by atoms with E-state index in [9.17, 15) is 4.79 Å². The molecule has 0 saturated heterocycles. The highest BCUT2D eigenvalue weighted by Crippen LogP contribution is 2.28. The summed E-state index contributed by atoms with van der Waals surface area (Å²) in [6.07, 6.45) is 1.67. The van der Waals surface area contributed by atoms with Crippen molar-refractivity contribution in [3.8, 4) is 0 Å². The van der Waals surface area contributed by atoms with E-state index >= 15 is 0 Å². The molecule has 0 aliphatic rings. The number of rotatable bonds is 3. The van der Waals surface area contributed by atoms with Crippen LogP contribution in [0.5, 0.6) is 0 Å². The quantitative estimate of drug-likeness (QED) is 0.865. The number of hydrogen-bond acceptors (Lipinski definition) is 4. The highest BCUT2D eigenvalue weighted by molar-refractivity contribution is 6.35. The monoisotopic (exact) mass is 264 g/mol. The number of methoxy groups -OCH3 is 1. The van der Waals surface area contributed by atoms with Gasteiger partial charge in [0.1, 0.15) is 6.04 Å². The maximum absolute atomic E-state index is 11.7. The predicted octanol–water partition coefficient (Wildman–Crippen LogP) is 2.32. The minimum atomic E-state index is -0.551. The zero-order valence-corrected chi connectivity index (χ0v) is 10.9. The van der Waals surface area contributed by atoms with Gasteiger partial charge in [0.2, 0.25) is 0 Å². The van der Waals surface area contributed by atoms with Crippen LogP contribution in [0.25, 0.3) is 10.9 Å². The van der Waals surface area contributed by atoms with E-state index in [1.54, 1.807) is 25.4 Å². The van der Waals surface area contributed by atoms with Gasteiger partial charge in [-0.2, -0.15) is 0 Å². The van der Waals surface area contributed by atoms with Crippen molar-refractivity contribution in [2.24, 2.45) is 0 Å².